The number of nitrogens with one attached hydrogen (secondary N) is 1. The third kappa shape index (κ3) is 4.25. The van der Waals surface area contributed by atoms with Crippen molar-refractivity contribution in [3.63, 3.8) is 0 Å². The van der Waals surface area contributed by atoms with E-state index in [0.717, 1.165) is 18.4 Å². The van der Waals surface area contributed by atoms with E-state index >= 15 is 0 Å². The van der Waals surface area contributed by atoms with E-state index in [1.54, 1.807) is 19.2 Å². The van der Waals surface area contributed by atoms with Crippen LogP contribution in [0.15, 0.2) is 36.7 Å². The molecule has 4 rings (SSSR count). The summed E-state index contributed by atoms with van der Waals surface area (Å²) in [6.45, 7) is 2.52. The number of aliphatic hydroxyl groups excluding tert-OH is 1. The second-order valence-electron chi connectivity index (χ2n) is 8.62. The van der Waals surface area contributed by atoms with Gasteiger partial charge in [0.2, 0.25) is 0 Å². The number of pyridine rings is 1. The number of halogens is 2. The lowest BCUT2D eigenvalue weighted by Crippen LogP contribution is -2.27. The Balaban J connectivity index is 1.77. The first-order valence-electron chi connectivity index (χ1n) is 10.2. The first kappa shape index (κ1) is 21.2. The van der Waals surface area contributed by atoms with Crippen LogP contribution in [0.4, 0.5) is 8.78 Å². The van der Waals surface area contributed by atoms with Gasteiger partial charge < -0.3 is 15.2 Å². The van der Waals surface area contributed by atoms with Gasteiger partial charge in [0.25, 0.3) is 5.91 Å². The molecule has 0 aliphatic heterocycles. The molecule has 0 unspecified atom stereocenters. The van der Waals surface area contributed by atoms with Gasteiger partial charge in [0, 0.05) is 23.2 Å². The SMILES string of the molecule is Cc1cc(-c2cnc3cc(C(C)(C)CO)ccn23)cc(OC(F)F)c1C(=O)NC1CC1. The number of fused-ring (bicyclic) bond motifs is 1. The van der Waals surface area contributed by atoms with E-state index in [4.69, 9.17) is 4.74 Å². The first-order chi connectivity index (χ1) is 14.7. The third-order valence-electron chi connectivity index (χ3n) is 5.64. The Labute approximate surface area is 178 Å². The maximum absolute atomic E-state index is 13.1. The molecule has 8 heteroatoms. The van der Waals surface area contributed by atoms with Crippen LogP contribution in [0.1, 0.15) is 48.2 Å². The Bertz CT molecular complexity index is 1140. The largest absolute Gasteiger partial charge is 0.434 e. The molecule has 0 atom stereocenters. The number of amides is 1. The predicted molar refractivity (Wildman–Crippen MR) is 113 cm³/mol. The molecular formula is C23H25F2N3O3. The fourth-order valence-electron chi connectivity index (χ4n) is 3.57. The molecule has 2 aromatic heterocycles. The zero-order valence-corrected chi connectivity index (χ0v) is 17.7. The lowest BCUT2D eigenvalue weighted by molar-refractivity contribution is -0.0501. The number of ether oxygens (including phenoxy) is 1. The number of hydrogen-bond donors (Lipinski definition) is 2. The van der Waals surface area contributed by atoms with Gasteiger partial charge in [-0.15, -0.1) is 0 Å². The molecule has 1 fully saturated rings. The van der Waals surface area contributed by atoms with Gasteiger partial charge in [0.05, 0.1) is 24.1 Å². The average Bonchev–Trinajstić information content (AvgIpc) is 3.41. The van der Waals surface area contributed by atoms with Crippen molar-refractivity contribution >= 4 is 11.6 Å². The molecule has 31 heavy (non-hydrogen) atoms. The third-order valence-corrected chi connectivity index (χ3v) is 5.64. The van der Waals surface area contributed by atoms with Crippen LogP contribution in [0.2, 0.25) is 0 Å². The van der Waals surface area contributed by atoms with Crippen molar-refractivity contribution in [1.82, 2.24) is 14.7 Å². The van der Waals surface area contributed by atoms with E-state index < -0.39 is 17.9 Å². The van der Waals surface area contributed by atoms with Gasteiger partial charge in [-0.2, -0.15) is 8.78 Å². The summed E-state index contributed by atoms with van der Waals surface area (Å²) in [5, 5.41) is 12.5. The number of hydrogen-bond acceptors (Lipinski definition) is 4. The number of aromatic nitrogens is 2. The number of alkyl halides is 2. The van der Waals surface area contributed by atoms with Crippen LogP contribution in [-0.4, -0.2) is 39.7 Å². The van der Waals surface area contributed by atoms with Crippen LogP contribution >= 0.6 is 0 Å². The van der Waals surface area contributed by atoms with Gasteiger partial charge in [-0.3, -0.25) is 9.20 Å². The van der Waals surface area contributed by atoms with Crippen LogP contribution in [0, 0.1) is 6.92 Å². The Hall–Kier alpha value is -3.00. The van der Waals surface area contributed by atoms with Crippen LogP contribution < -0.4 is 10.1 Å². The predicted octanol–water partition coefficient (Wildman–Crippen LogP) is 4.07. The summed E-state index contributed by atoms with van der Waals surface area (Å²) < 4.78 is 32.8. The molecule has 2 N–H and O–H groups in total. The first-order valence-corrected chi connectivity index (χ1v) is 10.2. The quantitative estimate of drug-likeness (QED) is 0.594. The number of benzene rings is 1. The molecule has 1 aliphatic rings. The molecule has 3 aromatic rings. The molecule has 6 nitrogen and oxygen atoms in total. The summed E-state index contributed by atoms with van der Waals surface area (Å²) in [4.78, 5) is 17.1. The van der Waals surface area contributed by atoms with Crippen LogP contribution in [0.5, 0.6) is 5.75 Å². The summed E-state index contributed by atoms with van der Waals surface area (Å²) in [6, 6.07) is 7.11. The number of rotatable bonds is 7. The summed E-state index contributed by atoms with van der Waals surface area (Å²) in [6.07, 6.45) is 5.27. The molecule has 1 aliphatic carbocycles. The number of aryl methyl sites for hydroxylation is 1. The van der Waals surface area contributed by atoms with Gasteiger partial charge in [0.1, 0.15) is 11.4 Å². The van der Waals surface area contributed by atoms with Crippen molar-refractivity contribution in [1.29, 1.82) is 0 Å². The summed E-state index contributed by atoms with van der Waals surface area (Å²) in [5.41, 5.74) is 3.14. The standard InChI is InChI=1S/C23H25F2N3O3/c1-13-8-14(9-18(31-22(24)25)20(13)21(30)27-16-4-5-16)17-11-26-19-10-15(6-7-28(17)19)23(2,3)12-29/h6-11,16,22,29H,4-5,12H2,1-3H3,(H,27,30). The minimum Gasteiger partial charge on any atom is -0.434 e. The molecule has 0 saturated heterocycles. The molecule has 2 heterocycles. The topological polar surface area (TPSA) is 75.9 Å². The van der Waals surface area contributed by atoms with Gasteiger partial charge in [-0.1, -0.05) is 13.8 Å². The number of aliphatic hydroxyl groups is 1. The van der Waals surface area contributed by atoms with Crippen molar-refractivity contribution in [3.05, 3.63) is 53.3 Å². The van der Waals surface area contributed by atoms with Crippen molar-refractivity contribution in [2.45, 2.75) is 51.7 Å². The minimum absolute atomic E-state index is 0.00531. The molecule has 0 bridgehead atoms. The van der Waals surface area contributed by atoms with E-state index in [0.29, 0.717) is 22.5 Å². The van der Waals surface area contributed by atoms with Gasteiger partial charge >= 0.3 is 6.61 Å². The number of carbonyl (C=O) groups is 1. The molecular weight excluding hydrogens is 404 g/mol. The normalized spacial score (nSPS) is 14.3. The van der Waals surface area contributed by atoms with Crippen molar-refractivity contribution in [2.24, 2.45) is 0 Å². The molecule has 1 amide bonds. The lowest BCUT2D eigenvalue weighted by Gasteiger charge is -2.22. The molecule has 1 aromatic carbocycles. The van der Waals surface area contributed by atoms with Crippen molar-refractivity contribution in [2.75, 3.05) is 6.61 Å². The van der Waals surface area contributed by atoms with E-state index in [9.17, 15) is 18.7 Å². The fraction of sp³-hybridized carbons (Fsp3) is 0.391. The van der Waals surface area contributed by atoms with Crippen LogP contribution in [0.25, 0.3) is 16.9 Å². The summed E-state index contributed by atoms with van der Waals surface area (Å²) >= 11 is 0. The van der Waals surface area contributed by atoms with Gasteiger partial charge in [-0.25, -0.2) is 4.98 Å². The zero-order chi connectivity index (χ0) is 22.3. The highest BCUT2D eigenvalue weighted by Gasteiger charge is 2.28. The summed E-state index contributed by atoms with van der Waals surface area (Å²) in [5.74, 6) is -0.563. The van der Waals surface area contributed by atoms with Gasteiger partial charge in [0.15, 0.2) is 0 Å². The monoisotopic (exact) mass is 429 g/mol. The van der Waals surface area contributed by atoms with E-state index in [1.807, 2.05) is 36.6 Å². The lowest BCUT2D eigenvalue weighted by atomic mass is 9.86. The highest BCUT2D eigenvalue weighted by Crippen LogP contribution is 2.33. The number of imidazole rings is 1. The highest BCUT2D eigenvalue weighted by atomic mass is 19.3. The maximum Gasteiger partial charge on any atom is 0.387 e. The number of nitrogens with zero attached hydrogens (tertiary/aromatic N) is 2. The Kier molecular flexibility index (Phi) is 5.43. The van der Waals surface area contributed by atoms with Crippen LogP contribution in [0.3, 0.4) is 0 Å². The van der Waals surface area contributed by atoms with Gasteiger partial charge in [-0.05, 0) is 55.2 Å². The highest BCUT2D eigenvalue weighted by molar-refractivity contribution is 5.99. The second kappa shape index (κ2) is 7.92. The maximum atomic E-state index is 13.1. The second-order valence-corrected chi connectivity index (χ2v) is 8.62. The van der Waals surface area contributed by atoms with E-state index in [-0.39, 0.29) is 24.0 Å². The Morgan fingerprint density at radius 2 is 2.10 bits per heavy atom. The molecule has 1 saturated carbocycles. The fourth-order valence-corrected chi connectivity index (χ4v) is 3.57. The molecule has 164 valence electrons. The Morgan fingerprint density at radius 3 is 2.74 bits per heavy atom. The van der Waals surface area contributed by atoms with E-state index in [1.165, 1.54) is 6.07 Å². The van der Waals surface area contributed by atoms with Crippen molar-refractivity contribution < 1.29 is 23.4 Å². The molecule has 0 spiro atoms. The smallest absolute Gasteiger partial charge is 0.387 e. The summed E-state index contributed by atoms with van der Waals surface area (Å²) in [7, 11) is 0. The van der Waals surface area contributed by atoms with Crippen molar-refractivity contribution in [3.8, 4) is 17.0 Å². The Morgan fingerprint density at radius 1 is 1.35 bits per heavy atom. The average molecular weight is 429 g/mol. The molecule has 0 radical (unpaired) electrons. The minimum atomic E-state index is -3.05. The van der Waals surface area contributed by atoms with E-state index in [2.05, 4.69) is 10.3 Å². The van der Waals surface area contributed by atoms with Crippen LogP contribution in [-0.2, 0) is 5.41 Å². The zero-order valence-electron chi connectivity index (χ0n) is 17.7. The number of carbonyl (C=O) groups excluding carboxylic acids is 1.